The highest BCUT2D eigenvalue weighted by molar-refractivity contribution is 5.79. The summed E-state index contributed by atoms with van der Waals surface area (Å²) < 4.78 is 16.2. The number of guanidine groups is 1. The van der Waals surface area contributed by atoms with Crippen LogP contribution < -0.4 is 20.1 Å². The van der Waals surface area contributed by atoms with E-state index in [4.69, 9.17) is 14.0 Å². The number of aryl methyl sites for hydroxylation is 1. The number of benzene rings is 1. The van der Waals surface area contributed by atoms with Crippen molar-refractivity contribution in [3.8, 4) is 11.5 Å². The average molecular weight is 361 g/mol. The fourth-order valence-corrected chi connectivity index (χ4v) is 2.24. The average Bonchev–Trinajstić information content (AvgIpc) is 3.05. The Labute approximate surface area is 154 Å². The molecule has 0 aliphatic rings. The van der Waals surface area contributed by atoms with E-state index in [1.54, 1.807) is 14.0 Å². The van der Waals surface area contributed by atoms with E-state index in [0.29, 0.717) is 31.2 Å². The van der Waals surface area contributed by atoms with E-state index in [9.17, 15) is 0 Å². The quantitative estimate of drug-likeness (QED) is 0.521. The minimum absolute atomic E-state index is 0.0730. The van der Waals surface area contributed by atoms with Crippen LogP contribution in [0.5, 0.6) is 11.5 Å². The lowest BCUT2D eigenvalue weighted by Gasteiger charge is -2.15. The van der Waals surface area contributed by atoms with E-state index in [1.807, 2.05) is 38.1 Å². The number of rotatable bonds is 9. The SMILES string of the molecule is CCNC(=NCC(C)Oc1cccc(OC)c1)NCCc1nc(C)no1. The van der Waals surface area contributed by atoms with Crippen molar-refractivity contribution in [2.24, 2.45) is 4.99 Å². The normalized spacial score (nSPS) is 12.5. The highest BCUT2D eigenvalue weighted by atomic mass is 16.5. The lowest BCUT2D eigenvalue weighted by Crippen LogP contribution is -2.39. The van der Waals surface area contributed by atoms with Crippen LogP contribution in [0.15, 0.2) is 33.8 Å². The van der Waals surface area contributed by atoms with Crippen LogP contribution in [0.1, 0.15) is 25.6 Å². The number of hydrogen-bond acceptors (Lipinski definition) is 6. The van der Waals surface area contributed by atoms with E-state index in [0.717, 1.165) is 24.0 Å². The topological polar surface area (TPSA) is 93.8 Å². The molecule has 2 rings (SSSR count). The smallest absolute Gasteiger partial charge is 0.228 e. The molecule has 8 nitrogen and oxygen atoms in total. The van der Waals surface area contributed by atoms with Crippen LogP contribution in [-0.4, -0.2) is 48.9 Å². The van der Waals surface area contributed by atoms with Gasteiger partial charge in [-0.3, -0.25) is 0 Å². The summed E-state index contributed by atoms with van der Waals surface area (Å²) in [5.74, 6) is 3.51. The number of nitrogens with zero attached hydrogens (tertiary/aromatic N) is 3. The van der Waals surface area contributed by atoms with Gasteiger partial charge in [0.1, 0.15) is 17.6 Å². The lowest BCUT2D eigenvalue weighted by atomic mass is 10.3. The Morgan fingerprint density at radius 1 is 1.31 bits per heavy atom. The number of aliphatic imine (C=N–C) groups is 1. The summed E-state index contributed by atoms with van der Waals surface area (Å²) in [6.45, 7) is 7.75. The van der Waals surface area contributed by atoms with Crippen LogP contribution in [-0.2, 0) is 6.42 Å². The van der Waals surface area contributed by atoms with Crippen LogP contribution >= 0.6 is 0 Å². The lowest BCUT2D eigenvalue weighted by molar-refractivity contribution is 0.229. The molecule has 1 aromatic carbocycles. The molecule has 0 fully saturated rings. The number of nitrogens with one attached hydrogen (secondary N) is 2. The fraction of sp³-hybridized carbons (Fsp3) is 0.500. The highest BCUT2D eigenvalue weighted by Crippen LogP contribution is 2.19. The van der Waals surface area contributed by atoms with E-state index >= 15 is 0 Å². The standard InChI is InChI=1S/C18H27N5O3/c1-5-19-18(20-10-9-17-22-14(3)23-26-17)21-12-13(2)25-16-8-6-7-15(11-16)24-4/h6-8,11,13H,5,9-10,12H2,1-4H3,(H2,19,20,21). The molecule has 1 atom stereocenters. The largest absolute Gasteiger partial charge is 0.497 e. The molecule has 0 aliphatic carbocycles. The Morgan fingerprint density at radius 2 is 2.12 bits per heavy atom. The summed E-state index contributed by atoms with van der Waals surface area (Å²) in [7, 11) is 1.64. The summed E-state index contributed by atoms with van der Waals surface area (Å²) in [6, 6.07) is 7.54. The summed E-state index contributed by atoms with van der Waals surface area (Å²) in [4.78, 5) is 8.74. The van der Waals surface area contributed by atoms with Gasteiger partial charge in [-0.25, -0.2) is 4.99 Å². The van der Waals surface area contributed by atoms with Crippen LogP contribution in [0.4, 0.5) is 0 Å². The van der Waals surface area contributed by atoms with Crippen LogP contribution in [0.25, 0.3) is 0 Å². The molecule has 26 heavy (non-hydrogen) atoms. The first-order valence-corrected chi connectivity index (χ1v) is 8.72. The van der Waals surface area contributed by atoms with Gasteiger partial charge in [0.2, 0.25) is 5.89 Å². The zero-order valence-corrected chi connectivity index (χ0v) is 15.8. The zero-order chi connectivity index (χ0) is 18.8. The molecule has 0 spiro atoms. The Hall–Kier alpha value is -2.77. The van der Waals surface area contributed by atoms with Gasteiger partial charge in [0.15, 0.2) is 11.8 Å². The first kappa shape index (κ1) is 19.6. The van der Waals surface area contributed by atoms with Gasteiger partial charge in [-0.05, 0) is 32.9 Å². The third kappa shape index (κ3) is 6.62. The maximum absolute atomic E-state index is 5.89. The summed E-state index contributed by atoms with van der Waals surface area (Å²) in [5, 5.41) is 10.2. The minimum Gasteiger partial charge on any atom is -0.497 e. The minimum atomic E-state index is -0.0730. The van der Waals surface area contributed by atoms with Gasteiger partial charge < -0.3 is 24.6 Å². The molecule has 1 unspecified atom stereocenters. The van der Waals surface area contributed by atoms with Crippen molar-refractivity contribution >= 4 is 5.96 Å². The van der Waals surface area contributed by atoms with Crippen LogP contribution in [0.3, 0.4) is 0 Å². The Morgan fingerprint density at radius 3 is 2.81 bits per heavy atom. The summed E-state index contributed by atoms with van der Waals surface area (Å²) in [5.41, 5.74) is 0. The highest BCUT2D eigenvalue weighted by Gasteiger charge is 2.07. The Kier molecular flexibility index (Phi) is 7.73. The third-order valence-electron chi connectivity index (χ3n) is 3.43. The molecule has 0 bridgehead atoms. The van der Waals surface area contributed by atoms with Crippen molar-refractivity contribution in [2.45, 2.75) is 33.3 Å². The zero-order valence-electron chi connectivity index (χ0n) is 15.8. The second-order valence-electron chi connectivity index (χ2n) is 5.74. The summed E-state index contributed by atoms with van der Waals surface area (Å²) >= 11 is 0. The van der Waals surface area contributed by atoms with E-state index in [1.165, 1.54) is 0 Å². The van der Waals surface area contributed by atoms with E-state index < -0.39 is 0 Å². The second-order valence-corrected chi connectivity index (χ2v) is 5.74. The van der Waals surface area contributed by atoms with E-state index in [-0.39, 0.29) is 6.10 Å². The van der Waals surface area contributed by atoms with Crippen molar-refractivity contribution in [2.75, 3.05) is 26.7 Å². The van der Waals surface area contributed by atoms with Crippen LogP contribution in [0.2, 0.25) is 0 Å². The number of ether oxygens (including phenoxy) is 2. The maximum atomic E-state index is 5.89. The molecule has 1 heterocycles. The molecule has 0 aliphatic heterocycles. The van der Waals surface area contributed by atoms with Gasteiger partial charge in [0.05, 0.1) is 13.7 Å². The molecular formula is C18H27N5O3. The predicted octanol–water partition coefficient (Wildman–Crippen LogP) is 1.95. The van der Waals surface area contributed by atoms with Crippen molar-refractivity contribution in [3.63, 3.8) is 0 Å². The first-order chi connectivity index (χ1) is 12.6. The molecule has 0 saturated carbocycles. The van der Waals surface area contributed by atoms with Crippen molar-refractivity contribution < 1.29 is 14.0 Å². The molecular weight excluding hydrogens is 334 g/mol. The monoisotopic (exact) mass is 361 g/mol. The third-order valence-corrected chi connectivity index (χ3v) is 3.43. The Bertz CT molecular complexity index is 702. The van der Waals surface area contributed by atoms with E-state index in [2.05, 4.69) is 25.8 Å². The maximum Gasteiger partial charge on any atom is 0.228 e. The Balaban J connectivity index is 1.82. The van der Waals surface area contributed by atoms with Gasteiger partial charge in [-0.1, -0.05) is 11.2 Å². The molecule has 2 aromatic rings. The summed E-state index contributed by atoms with van der Waals surface area (Å²) in [6.07, 6.45) is 0.567. The predicted molar refractivity (Wildman–Crippen MR) is 99.8 cm³/mol. The first-order valence-electron chi connectivity index (χ1n) is 8.72. The number of methoxy groups -OCH3 is 1. The molecule has 0 radical (unpaired) electrons. The molecule has 1 aromatic heterocycles. The molecule has 0 saturated heterocycles. The van der Waals surface area contributed by atoms with Gasteiger partial charge in [-0.2, -0.15) is 4.98 Å². The molecule has 2 N–H and O–H groups in total. The molecule has 142 valence electrons. The van der Waals surface area contributed by atoms with Gasteiger partial charge in [0.25, 0.3) is 0 Å². The van der Waals surface area contributed by atoms with Crippen molar-refractivity contribution in [1.82, 2.24) is 20.8 Å². The van der Waals surface area contributed by atoms with Gasteiger partial charge >= 0.3 is 0 Å². The number of hydrogen-bond donors (Lipinski definition) is 2. The van der Waals surface area contributed by atoms with Crippen molar-refractivity contribution in [1.29, 1.82) is 0 Å². The van der Waals surface area contributed by atoms with Gasteiger partial charge in [0, 0.05) is 25.6 Å². The second kappa shape index (κ2) is 10.3. The van der Waals surface area contributed by atoms with Crippen molar-refractivity contribution in [3.05, 3.63) is 36.0 Å². The molecule has 8 heteroatoms. The fourth-order valence-electron chi connectivity index (χ4n) is 2.24. The molecule has 0 amide bonds. The number of aromatic nitrogens is 2. The van der Waals surface area contributed by atoms with Crippen LogP contribution in [0, 0.1) is 6.92 Å². The van der Waals surface area contributed by atoms with Gasteiger partial charge in [-0.15, -0.1) is 0 Å².